The zero-order chi connectivity index (χ0) is 6.27. The minimum atomic E-state index is 0.143. The van der Waals surface area contributed by atoms with Crippen LogP contribution < -0.4 is 5.32 Å². The molecule has 0 aromatic rings. The monoisotopic (exact) mass is 127 g/mol. The summed E-state index contributed by atoms with van der Waals surface area (Å²) in [7, 11) is 0. The van der Waals surface area contributed by atoms with Crippen LogP contribution in [0, 0.1) is 0 Å². The fraction of sp³-hybridized carbons (Fsp3) is 0.833. The van der Waals surface area contributed by atoms with Crippen LogP contribution in [-0.4, -0.2) is 24.7 Å². The molecule has 3 heteroatoms. The van der Waals surface area contributed by atoms with Gasteiger partial charge in [0.25, 0.3) is 0 Å². The third-order valence-electron chi connectivity index (χ3n) is 1.94. The van der Waals surface area contributed by atoms with Crippen LogP contribution >= 0.6 is 0 Å². The van der Waals surface area contributed by atoms with Crippen LogP contribution in [0.4, 0.5) is 0 Å². The number of rotatable bonds is 0. The number of amides is 1. The van der Waals surface area contributed by atoms with E-state index in [9.17, 15) is 4.79 Å². The summed E-state index contributed by atoms with van der Waals surface area (Å²) in [6.07, 6.45) is 1.76. The summed E-state index contributed by atoms with van der Waals surface area (Å²) in [5.41, 5.74) is 0. The third-order valence-corrected chi connectivity index (χ3v) is 1.94. The minimum absolute atomic E-state index is 0.143. The molecule has 0 radical (unpaired) electrons. The van der Waals surface area contributed by atoms with E-state index >= 15 is 0 Å². The smallest absolute Gasteiger partial charge is 0.223 e. The Bertz CT molecular complexity index is 132. The first-order chi connectivity index (χ1) is 4.36. The van der Waals surface area contributed by atoms with Gasteiger partial charge in [0.2, 0.25) is 5.91 Å². The van der Waals surface area contributed by atoms with Gasteiger partial charge in [0.15, 0.2) is 0 Å². The van der Waals surface area contributed by atoms with E-state index in [0.29, 0.717) is 12.5 Å². The van der Waals surface area contributed by atoms with E-state index in [1.54, 1.807) is 0 Å². The molecule has 2 fully saturated rings. The van der Waals surface area contributed by atoms with Gasteiger partial charge in [-0.3, -0.25) is 4.79 Å². The van der Waals surface area contributed by atoms with Crippen LogP contribution in [0.2, 0.25) is 0 Å². The summed E-state index contributed by atoms with van der Waals surface area (Å²) in [4.78, 5) is 10.7. The van der Waals surface area contributed by atoms with Crippen molar-refractivity contribution in [2.75, 3.05) is 6.61 Å². The number of hydrogen-bond donors (Lipinski definition) is 1. The summed E-state index contributed by atoms with van der Waals surface area (Å²) >= 11 is 0. The van der Waals surface area contributed by atoms with Crippen LogP contribution in [-0.2, 0) is 9.53 Å². The van der Waals surface area contributed by atoms with E-state index in [1.165, 1.54) is 0 Å². The first-order valence-corrected chi connectivity index (χ1v) is 3.27. The summed E-state index contributed by atoms with van der Waals surface area (Å²) in [5, 5.41) is 2.85. The van der Waals surface area contributed by atoms with Crippen LogP contribution in [0.1, 0.15) is 12.8 Å². The molecule has 2 rings (SSSR count). The van der Waals surface area contributed by atoms with E-state index in [4.69, 9.17) is 4.74 Å². The Morgan fingerprint density at radius 3 is 3.33 bits per heavy atom. The van der Waals surface area contributed by atoms with E-state index in [-0.39, 0.29) is 12.0 Å². The molecule has 9 heavy (non-hydrogen) atoms. The van der Waals surface area contributed by atoms with Crippen molar-refractivity contribution in [2.24, 2.45) is 0 Å². The summed E-state index contributed by atoms with van der Waals surface area (Å²) < 4.78 is 5.26. The molecule has 0 spiro atoms. The van der Waals surface area contributed by atoms with E-state index in [2.05, 4.69) is 5.32 Å². The van der Waals surface area contributed by atoms with Gasteiger partial charge in [-0.25, -0.2) is 0 Å². The average Bonchev–Trinajstić information content (AvgIpc) is 2.22. The van der Waals surface area contributed by atoms with Crippen LogP contribution in [0.5, 0.6) is 0 Å². The van der Waals surface area contributed by atoms with Crippen molar-refractivity contribution in [1.29, 1.82) is 0 Å². The van der Waals surface area contributed by atoms with Gasteiger partial charge in [-0.1, -0.05) is 0 Å². The van der Waals surface area contributed by atoms with E-state index in [1.807, 2.05) is 0 Å². The maximum absolute atomic E-state index is 10.7. The maximum Gasteiger partial charge on any atom is 0.223 e. The van der Waals surface area contributed by atoms with Crippen molar-refractivity contribution < 1.29 is 9.53 Å². The summed E-state index contributed by atoms with van der Waals surface area (Å²) in [6.45, 7) is 0.815. The lowest BCUT2D eigenvalue weighted by Gasteiger charge is -2.03. The van der Waals surface area contributed by atoms with Gasteiger partial charge in [0.05, 0.1) is 18.6 Å². The average molecular weight is 127 g/mol. The molecule has 1 amide bonds. The fourth-order valence-electron chi connectivity index (χ4n) is 1.46. The molecule has 2 heterocycles. The fourth-order valence-corrected chi connectivity index (χ4v) is 1.46. The Kier molecular flexibility index (Phi) is 0.990. The van der Waals surface area contributed by atoms with Crippen LogP contribution in [0.3, 0.4) is 0 Å². The predicted molar refractivity (Wildman–Crippen MR) is 30.9 cm³/mol. The zero-order valence-electron chi connectivity index (χ0n) is 5.09. The first-order valence-electron chi connectivity index (χ1n) is 3.27. The number of carbonyl (C=O) groups excluding carboxylic acids is 1. The second-order valence-corrected chi connectivity index (χ2v) is 2.58. The molecule has 50 valence electrons. The molecule has 2 atom stereocenters. The highest BCUT2D eigenvalue weighted by atomic mass is 16.5. The molecule has 3 nitrogen and oxygen atoms in total. The molecule has 0 unspecified atom stereocenters. The Morgan fingerprint density at radius 1 is 1.67 bits per heavy atom. The summed E-state index contributed by atoms with van der Waals surface area (Å²) in [6, 6.07) is 0.331. The van der Waals surface area contributed by atoms with Crippen molar-refractivity contribution in [1.82, 2.24) is 5.32 Å². The number of hydrogen-bond acceptors (Lipinski definition) is 2. The number of nitrogens with one attached hydrogen (secondary N) is 1. The zero-order valence-corrected chi connectivity index (χ0v) is 5.09. The highest BCUT2D eigenvalue weighted by molar-refractivity contribution is 5.79. The molecular formula is C6H9NO2. The molecule has 0 saturated carbocycles. The van der Waals surface area contributed by atoms with Crippen molar-refractivity contribution >= 4 is 5.91 Å². The second kappa shape index (κ2) is 1.70. The van der Waals surface area contributed by atoms with Gasteiger partial charge in [-0.2, -0.15) is 0 Å². The van der Waals surface area contributed by atoms with Crippen molar-refractivity contribution in [3.05, 3.63) is 0 Å². The molecule has 2 saturated heterocycles. The lowest BCUT2D eigenvalue weighted by Crippen LogP contribution is -2.27. The standard InChI is InChI=1S/C6H9NO2/c8-6-3-5-4(7-6)1-2-9-5/h4-5H,1-3H2,(H,7,8)/t4-,5+/m1/s1. The Labute approximate surface area is 53.4 Å². The highest BCUT2D eigenvalue weighted by Gasteiger charge is 2.36. The van der Waals surface area contributed by atoms with Gasteiger partial charge in [0, 0.05) is 6.61 Å². The number of fused-ring (bicyclic) bond motifs is 1. The lowest BCUT2D eigenvalue weighted by atomic mass is 10.2. The number of carbonyl (C=O) groups is 1. The molecule has 0 aromatic heterocycles. The maximum atomic E-state index is 10.7. The normalized spacial score (nSPS) is 40.7. The quantitative estimate of drug-likeness (QED) is 0.483. The van der Waals surface area contributed by atoms with Gasteiger partial charge in [-0.05, 0) is 6.42 Å². The molecular weight excluding hydrogens is 118 g/mol. The molecule has 2 aliphatic heterocycles. The van der Waals surface area contributed by atoms with E-state index in [0.717, 1.165) is 13.0 Å². The van der Waals surface area contributed by atoms with Crippen LogP contribution in [0.15, 0.2) is 0 Å². The Morgan fingerprint density at radius 2 is 2.56 bits per heavy atom. The molecule has 0 bridgehead atoms. The number of ether oxygens (including phenoxy) is 1. The van der Waals surface area contributed by atoms with Gasteiger partial charge in [-0.15, -0.1) is 0 Å². The van der Waals surface area contributed by atoms with Crippen molar-refractivity contribution in [3.63, 3.8) is 0 Å². The molecule has 2 aliphatic rings. The lowest BCUT2D eigenvalue weighted by molar-refractivity contribution is -0.120. The third kappa shape index (κ3) is 0.721. The van der Waals surface area contributed by atoms with Gasteiger partial charge >= 0.3 is 0 Å². The molecule has 1 N–H and O–H groups in total. The van der Waals surface area contributed by atoms with Gasteiger partial charge < -0.3 is 10.1 Å². The van der Waals surface area contributed by atoms with Gasteiger partial charge in [0.1, 0.15) is 0 Å². The topological polar surface area (TPSA) is 38.3 Å². The van der Waals surface area contributed by atoms with Crippen molar-refractivity contribution in [2.45, 2.75) is 25.0 Å². The SMILES string of the molecule is O=C1C[C@@H]2OCC[C@H]2N1. The Hall–Kier alpha value is -0.570. The minimum Gasteiger partial charge on any atom is -0.375 e. The second-order valence-electron chi connectivity index (χ2n) is 2.58. The van der Waals surface area contributed by atoms with Crippen molar-refractivity contribution in [3.8, 4) is 0 Å². The molecule has 0 aromatic carbocycles. The Balaban J connectivity index is 2.09. The predicted octanol–water partition coefficient (Wildman–Crippen LogP) is -0.336. The van der Waals surface area contributed by atoms with Crippen LogP contribution in [0.25, 0.3) is 0 Å². The summed E-state index contributed by atoms with van der Waals surface area (Å²) in [5.74, 6) is 0.143. The van der Waals surface area contributed by atoms with E-state index < -0.39 is 0 Å². The highest BCUT2D eigenvalue weighted by Crippen LogP contribution is 2.21. The molecule has 0 aliphatic carbocycles. The first kappa shape index (κ1) is 5.23. The largest absolute Gasteiger partial charge is 0.375 e.